The third-order valence-corrected chi connectivity index (χ3v) is 2.65. The Kier molecular flexibility index (Phi) is 8.26. The molecule has 2 N–H and O–H groups in total. The predicted octanol–water partition coefficient (Wildman–Crippen LogP) is 1.11. The number of carbonyl (C=O) groups excluding carboxylic acids is 1. The number of carbonyl (C=O) groups is 1. The summed E-state index contributed by atoms with van der Waals surface area (Å²) in [5.41, 5.74) is 0.316. The van der Waals surface area contributed by atoms with Crippen molar-refractivity contribution in [3.8, 4) is 0 Å². The number of anilines is 1. The molecule has 8 heteroatoms. The van der Waals surface area contributed by atoms with Crippen LogP contribution in [0.5, 0.6) is 0 Å². The first-order valence-electron chi connectivity index (χ1n) is 5.92. The lowest BCUT2D eigenvalue weighted by Gasteiger charge is -2.17. The quantitative estimate of drug-likeness (QED) is 0.582. The molecule has 1 aromatic carbocycles. The maximum absolute atomic E-state index is 11.8. The van der Waals surface area contributed by atoms with E-state index in [0.717, 1.165) is 0 Å². The average molecular weight is 303 g/mol. The highest BCUT2D eigenvalue weighted by Gasteiger charge is 2.14. The van der Waals surface area contributed by atoms with Crippen LogP contribution < -0.4 is 10.6 Å². The number of halogens is 1. The van der Waals surface area contributed by atoms with E-state index in [9.17, 15) is 14.9 Å². The number of nitro groups is 1. The lowest BCUT2D eigenvalue weighted by molar-refractivity contribution is -0.383. The van der Waals surface area contributed by atoms with Crippen molar-refractivity contribution in [1.82, 2.24) is 10.2 Å². The number of benzene rings is 1. The number of hydrogen-bond acceptors (Lipinski definition) is 5. The molecule has 0 aliphatic heterocycles. The fourth-order valence-corrected chi connectivity index (χ4v) is 1.49. The Morgan fingerprint density at radius 2 is 2.05 bits per heavy atom. The van der Waals surface area contributed by atoms with Gasteiger partial charge in [0.05, 0.1) is 11.5 Å². The Labute approximate surface area is 123 Å². The van der Waals surface area contributed by atoms with E-state index in [4.69, 9.17) is 0 Å². The van der Waals surface area contributed by atoms with Crippen molar-refractivity contribution < 1.29 is 9.72 Å². The Morgan fingerprint density at radius 3 is 2.65 bits per heavy atom. The molecule has 0 fully saturated rings. The summed E-state index contributed by atoms with van der Waals surface area (Å²) < 4.78 is 0. The van der Waals surface area contributed by atoms with Crippen LogP contribution in [-0.4, -0.2) is 49.5 Å². The van der Waals surface area contributed by atoms with Gasteiger partial charge < -0.3 is 15.5 Å². The summed E-state index contributed by atoms with van der Waals surface area (Å²) in [4.78, 5) is 23.7. The molecule has 20 heavy (non-hydrogen) atoms. The number of likely N-dealkylation sites (N-methyl/N-ethyl adjacent to an activating group) is 2. The van der Waals surface area contributed by atoms with Crippen molar-refractivity contribution in [2.24, 2.45) is 0 Å². The van der Waals surface area contributed by atoms with Crippen LogP contribution in [0.4, 0.5) is 11.4 Å². The molecule has 0 heterocycles. The maximum Gasteiger partial charge on any atom is 0.292 e. The van der Waals surface area contributed by atoms with Crippen LogP contribution in [0.1, 0.15) is 0 Å². The summed E-state index contributed by atoms with van der Waals surface area (Å²) in [6.07, 6.45) is 0. The Hall–Kier alpha value is -1.86. The minimum atomic E-state index is -0.475. The van der Waals surface area contributed by atoms with Crippen LogP contribution in [0.2, 0.25) is 0 Å². The van der Waals surface area contributed by atoms with Gasteiger partial charge in [-0.2, -0.15) is 0 Å². The average Bonchev–Trinajstić information content (AvgIpc) is 2.42. The molecule has 1 amide bonds. The molecule has 0 atom stereocenters. The first-order valence-corrected chi connectivity index (χ1v) is 5.92. The highest BCUT2D eigenvalue weighted by atomic mass is 35.5. The zero-order valence-corrected chi connectivity index (χ0v) is 12.3. The van der Waals surface area contributed by atoms with E-state index in [-0.39, 0.29) is 30.5 Å². The highest BCUT2D eigenvalue weighted by Crippen LogP contribution is 2.22. The van der Waals surface area contributed by atoms with E-state index < -0.39 is 4.92 Å². The first kappa shape index (κ1) is 18.1. The lowest BCUT2D eigenvalue weighted by atomic mass is 10.2. The highest BCUT2D eigenvalue weighted by molar-refractivity contribution is 5.85. The van der Waals surface area contributed by atoms with Gasteiger partial charge in [-0.05, 0) is 13.1 Å². The first-order chi connectivity index (χ1) is 9.06. The van der Waals surface area contributed by atoms with Gasteiger partial charge >= 0.3 is 0 Å². The summed E-state index contributed by atoms with van der Waals surface area (Å²) in [6.45, 7) is 1.33. The molecule has 0 aliphatic carbocycles. The number of rotatable bonds is 7. The van der Waals surface area contributed by atoms with Gasteiger partial charge in [0.2, 0.25) is 5.91 Å². The SMILES string of the molecule is CNCCN(C)C(=O)CNc1ccccc1[N+](=O)[O-].Cl. The molecule has 112 valence electrons. The molecule has 0 spiro atoms. The molecule has 0 saturated carbocycles. The van der Waals surface area contributed by atoms with Gasteiger partial charge in [-0.1, -0.05) is 12.1 Å². The summed E-state index contributed by atoms with van der Waals surface area (Å²) in [5.74, 6) is -0.117. The van der Waals surface area contributed by atoms with Crippen molar-refractivity contribution in [3.05, 3.63) is 34.4 Å². The van der Waals surface area contributed by atoms with Crippen LogP contribution in [0.3, 0.4) is 0 Å². The zero-order valence-electron chi connectivity index (χ0n) is 11.5. The van der Waals surface area contributed by atoms with Crippen LogP contribution in [0.15, 0.2) is 24.3 Å². The van der Waals surface area contributed by atoms with E-state index in [1.54, 1.807) is 30.1 Å². The molecule has 0 unspecified atom stereocenters. The number of nitro benzene ring substituents is 1. The summed E-state index contributed by atoms with van der Waals surface area (Å²) in [6, 6.07) is 6.26. The number of nitrogens with one attached hydrogen (secondary N) is 2. The lowest BCUT2D eigenvalue weighted by Crippen LogP contribution is -2.36. The standard InChI is InChI=1S/C12H18N4O3.ClH/c1-13-7-8-15(2)12(17)9-14-10-5-3-4-6-11(10)16(18)19;/h3-6,13-14H,7-9H2,1-2H3;1H. The fourth-order valence-electron chi connectivity index (χ4n) is 1.49. The third-order valence-electron chi connectivity index (χ3n) is 2.65. The van der Waals surface area contributed by atoms with Gasteiger partial charge in [-0.25, -0.2) is 0 Å². The Morgan fingerprint density at radius 1 is 1.40 bits per heavy atom. The minimum Gasteiger partial charge on any atom is -0.371 e. The van der Waals surface area contributed by atoms with Crippen molar-refractivity contribution >= 4 is 29.7 Å². The second-order valence-electron chi connectivity index (χ2n) is 4.05. The molecule has 1 rings (SSSR count). The number of hydrogen-bond donors (Lipinski definition) is 2. The van der Waals surface area contributed by atoms with Gasteiger partial charge in [0.15, 0.2) is 0 Å². The fraction of sp³-hybridized carbons (Fsp3) is 0.417. The molecule has 0 aromatic heterocycles. The van der Waals surface area contributed by atoms with Crippen molar-refractivity contribution in [1.29, 1.82) is 0 Å². The normalized spacial score (nSPS) is 9.50. The molecule has 0 bridgehead atoms. The van der Waals surface area contributed by atoms with E-state index >= 15 is 0 Å². The van der Waals surface area contributed by atoms with E-state index in [1.807, 2.05) is 7.05 Å². The van der Waals surface area contributed by atoms with Crippen LogP contribution in [0, 0.1) is 10.1 Å². The minimum absolute atomic E-state index is 0. The van der Waals surface area contributed by atoms with Gasteiger partial charge in [0.1, 0.15) is 5.69 Å². The van der Waals surface area contributed by atoms with Crippen LogP contribution >= 0.6 is 12.4 Å². The van der Waals surface area contributed by atoms with E-state index in [2.05, 4.69) is 10.6 Å². The Bertz CT molecular complexity index is 456. The van der Waals surface area contributed by atoms with E-state index in [1.165, 1.54) is 6.07 Å². The second kappa shape index (κ2) is 9.11. The largest absolute Gasteiger partial charge is 0.371 e. The molecule has 0 aliphatic rings. The molecular formula is C12H19ClN4O3. The third kappa shape index (κ3) is 5.41. The van der Waals surface area contributed by atoms with Crippen LogP contribution in [0.25, 0.3) is 0 Å². The van der Waals surface area contributed by atoms with Gasteiger partial charge in [-0.3, -0.25) is 14.9 Å². The van der Waals surface area contributed by atoms with Gasteiger partial charge in [0, 0.05) is 26.2 Å². The summed E-state index contributed by atoms with van der Waals surface area (Å²) in [5, 5.41) is 16.5. The molecule has 1 aromatic rings. The smallest absolute Gasteiger partial charge is 0.292 e. The summed E-state index contributed by atoms with van der Waals surface area (Å²) in [7, 11) is 3.50. The zero-order chi connectivity index (χ0) is 14.3. The maximum atomic E-state index is 11.8. The second-order valence-corrected chi connectivity index (χ2v) is 4.05. The molecular weight excluding hydrogens is 284 g/mol. The predicted molar refractivity (Wildman–Crippen MR) is 80.4 cm³/mol. The number of amides is 1. The van der Waals surface area contributed by atoms with E-state index in [0.29, 0.717) is 18.8 Å². The topological polar surface area (TPSA) is 87.5 Å². The van der Waals surface area contributed by atoms with Crippen molar-refractivity contribution in [3.63, 3.8) is 0 Å². The molecule has 7 nitrogen and oxygen atoms in total. The molecule has 0 saturated heterocycles. The number of para-hydroxylation sites is 2. The van der Waals surface area contributed by atoms with Crippen LogP contribution in [-0.2, 0) is 4.79 Å². The van der Waals surface area contributed by atoms with Crippen molar-refractivity contribution in [2.45, 2.75) is 0 Å². The summed E-state index contributed by atoms with van der Waals surface area (Å²) >= 11 is 0. The van der Waals surface area contributed by atoms with Crippen molar-refractivity contribution in [2.75, 3.05) is 39.0 Å². The Balaban J connectivity index is 0.00000361. The number of nitrogens with zero attached hydrogens (tertiary/aromatic N) is 2. The molecule has 0 radical (unpaired) electrons. The van der Waals surface area contributed by atoms with Gasteiger partial charge in [-0.15, -0.1) is 12.4 Å². The van der Waals surface area contributed by atoms with Gasteiger partial charge in [0.25, 0.3) is 5.69 Å². The monoisotopic (exact) mass is 302 g/mol.